The van der Waals surface area contributed by atoms with E-state index in [2.05, 4.69) is 83.0 Å². The first-order valence-corrected chi connectivity index (χ1v) is 11.7. The van der Waals surface area contributed by atoms with Gasteiger partial charge < -0.3 is 14.8 Å². The average molecular weight is 473 g/mol. The van der Waals surface area contributed by atoms with E-state index in [4.69, 9.17) is 23.8 Å². The van der Waals surface area contributed by atoms with Gasteiger partial charge in [0.05, 0.1) is 17.8 Å². The summed E-state index contributed by atoms with van der Waals surface area (Å²) in [6.07, 6.45) is 1.83. The van der Waals surface area contributed by atoms with Crippen LogP contribution in [0.2, 0.25) is 5.02 Å². The molecule has 6 heteroatoms. The van der Waals surface area contributed by atoms with Crippen molar-refractivity contribution >= 4 is 34.6 Å². The smallest absolute Gasteiger partial charge is 0.174 e. The number of aromatic nitrogens is 2. The molecule has 1 aliphatic rings. The second-order valence-electron chi connectivity index (χ2n) is 8.47. The number of nitrogens with one attached hydrogen (secondary N) is 1. The topological polar surface area (TPSA) is 33.1 Å². The highest BCUT2D eigenvalue weighted by atomic mass is 35.5. The highest BCUT2D eigenvalue weighted by Crippen LogP contribution is 2.43. The van der Waals surface area contributed by atoms with Gasteiger partial charge in [-0.1, -0.05) is 41.4 Å². The van der Waals surface area contributed by atoms with Crippen molar-refractivity contribution in [3.05, 3.63) is 112 Å². The third-order valence-electron chi connectivity index (χ3n) is 6.27. The van der Waals surface area contributed by atoms with Crippen LogP contribution in [0.3, 0.4) is 0 Å². The molecule has 0 amide bonds. The first-order valence-electron chi connectivity index (χ1n) is 11.0. The summed E-state index contributed by atoms with van der Waals surface area (Å²) >= 11 is 12.2. The Morgan fingerprint density at radius 1 is 0.909 bits per heavy atom. The maximum absolute atomic E-state index is 6.31. The van der Waals surface area contributed by atoms with E-state index in [1.807, 2.05) is 36.5 Å². The fraction of sp³-hybridized carbons (Fsp3) is 0.185. The quantitative estimate of drug-likeness (QED) is 0.338. The van der Waals surface area contributed by atoms with Crippen molar-refractivity contribution in [2.24, 2.45) is 0 Å². The number of hydrogen-bond donors (Lipinski definition) is 1. The van der Waals surface area contributed by atoms with Crippen molar-refractivity contribution in [2.45, 2.75) is 32.9 Å². The van der Waals surface area contributed by atoms with Crippen LogP contribution in [0.5, 0.6) is 0 Å². The Kier molecular flexibility index (Phi) is 5.69. The van der Waals surface area contributed by atoms with Crippen molar-refractivity contribution in [3.63, 3.8) is 0 Å². The lowest BCUT2D eigenvalue weighted by atomic mass is 9.96. The van der Waals surface area contributed by atoms with Gasteiger partial charge in [0.25, 0.3) is 0 Å². The number of thiocarbonyl (C=S) groups is 1. The Hall–Kier alpha value is -3.15. The second kappa shape index (κ2) is 8.65. The van der Waals surface area contributed by atoms with Crippen LogP contribution in [0.25, 0.3) is 5.69 Å². The van der Waals surface area contributed by atoms with Crippen LogP contribution in [0, 0.1) is 20.8 Å². The molecular weight excluding hydrogens is 448 g/mol. The van der Waals surface area contributed by atoms with E-state index in [1.54, 1.807) is 0 Å². The normalized spacial score (nSPS) is 17.9. The van der Waals surface area contributed by atoms with Gasteiger partial charge in [-0.15, -0.1) is 0 Å². The van der Waals surface area contributed by atoms with Crippen LogP contribution in [-0.4, -0.2) is 14.7 Å². The first-order chi connectivity index (χ1) is 15.9. The third kappa shape index (κ3) is 3.92. The van der Waals surface area contributed by atoms with Crippen molar-refractivity contribution in [1.29, 1.82) is 0 Å². The van der Waals surface area contributed by atoms with Gasteiger partial charge in [0.15, 0.2) is 5.11 Å². The molecule has 0 aliphatic carbocycles. The largest absolute Gasteiger partial charge is 0.351 e. The molecule has 0 unspecified atom stereocenters. The fourth-order valence-corrected chi connectivity index (χ4v) is 5.28. The van der Waals surface area contributed by atoms with Gasteiger partial charge in [0.1, 0.15) is 0 Å². The lowest BCUT2D eigenvalue weighted by Crippen LogP contribution is -2.29. The molecule has 0 saturated carbocycles. The van der Waals surface area contributed by atoms with Crippen molar-refractivity contribution in [3.8, 4) is 5.69 Å². The molecule has 3 heterocycles. The molecule has 1 aliphatic heterocycles. The zero-order valence-corrected chi connectivity index (χ0v) is 20.4. The Bertz CT molecular complexity index is 1310. The molecule has 1 saturated heterocycles. The van der Waals surface area contributed by atoms with E-state index in [0.29, 0.717) is 5.11 Å². The molecule has 2 atom stereocenters. The predicted molar refractivity (Wildman–Crippen MR) is 139 cm³/mol. The van der Waals surface area contributed by atoms with Crippen molar-refractivity contribution < 1.29 is 0 Å². The number of anilines is 1. The highest BCUT2D eigenvalue weighted by Gasteiger charge is 2.42. The number of pyridine rings is 1. The fourth-order valence-electron chi connectivity index (χ4n) is 4.75. The second-order valence-corrected chi connectivity index (χ2v) is 9.30. The SMILES string of the molecule is Cc1ccc(N2C(=S)N[C@H](c3ccccn3)[C@H]2c2cc(C)n(-c3cccc(Cl)c3)c2C)cc1. The number of halogens is 1. The minimum absolute atomic E-state index is 0.0470. The Morgan fingerprint density at radius 2 is 1.70 bits per heavy atom. The summed E-state index contributed by atoms with van der Waals surface area (Å²) < 4.78 is 2.26. The minimum Gasteiger partial charge on any atom is -0.351 e. The average Bonchev–Trinajstić information content (AvgIpc) is 3.30. The van der Waals surface area contributed by atoms with Crippen LogP contribution in [0.1, 0.15) is 40.3 Å². The zero-order valence-electron chi connectivity index (χ0n) is 18.8. The monoisotopic (exact) mass is 472 g/mol. The van der Waals surface area contributed by atoms with E-state index in [9.17, 15) is 0 Å². The van der Waals surface area contributed by atoms with Crippen LogP contribution >= 0.6 is 23.8 Å². The predicted octanol–water partition coefficient (Wildman–Crippen LogP) is 6.63. The van der Waals surface area contributed by atoms with E-state index in [-0.39, 0.29) is 12.1 Å². The number of nitrogens with zero attached hydrogens (tertiary/aromatic N) is 3. The third-order valence-corrected chi connectivity index (χ3v) is 6.82. The number of aryl methyl sites for hydroxylation is 2. The van der Waals surface area contributed by atoms with Crippen molar-refractivity contribution in [1.82, 2.24) is 14.9 Å². The van der Waals surface area contributed by atoms with Crippen LogP contribution in [0.15, 0.2) is 79.0 Å². The maximum atomic E-state index is 6.31. The number of rotatable bonds is 4. The molecule has 2 aromatic carbocycles. The molecule has 2 aromatic heterocycles. The molecule has 0 spiro atoms. The van der Waals surface area contributed by atoms with E-state index >= 15 is 0 Å². The molecule has 0 bridgehead atoms. The van der Waals surface area contributed by atoms with Gasteiger partial charge in [-0.3, -0.25) is 4.98 Å². The molecule has 5 rings (SSSR count). The first kappa shape index (κ1) is 21.7. The van der Waals surface area contributed by atoms with Gasteiger partial charge >= 0.3 is 0 Å². The molecular formula is C27H25ClN4S. The van der Waals surface area contributed by atoms with Crippen LogP contribution in [-0.2, 0) is 0 Å². The minimum atomic E-state index is -0.0756. The molecule has 166 valence electrons. The summed E-state index contributed by atoms with van der Waals surface area (Å²) in [5, 5.41) is 4.97. The summed E-state index contributed by atoms with van der Waals surface area (Å²) in [6.45, 7) is 6.38. The van der Waals surface area contributed by atoms with E-state index < -0.39 is 0 Å². The molecule has 33 heavy (non-hydrogen) atoms. The van der Waals surface area contributed by atoms with Crippen LogP contribution in [0.4, 0.5) is 5.69 Å². The molecule has 4 aromatic rings. The van der Waals surface area contributed by atoms with Gasteiger partial charge in [0.2, 0.25) is 0 Å². The molecule has 0 radical (unpaired) electrons. The summed E-state index contributed by atoms with van der Waals surface area (Å²) in [6, 6.07) is 24.6. The lowest BCUT2D eigenvalue weighted by molar-refractivity contribution is 0.565. The summed E-state index contributed by atoms with van der Waals surface area (Å²) in [5.41, 5.74) is 7.80. The molecule has 1 fully saturated rings. The van der Waals surface area contributed by atoms with Crippen molar-refractivity contribution in [2.75, 3.05) is 4.90 Å². The van der Waals surface area contributed by atoms with Gasteiger partial charge in [-0.2, -0.15) is 0 Å². The Balaban J connectivity index is 1.68. The van der Waals surface area contributed by atoms with Gasteiger partial charge in [0, 0.05) is 34.0 Å². The summed E-state index contributed by atoms with van der Waals surface area (Å²) in [7, 11) is 0. The lowest BCUT2D eigenvalue weighted by Gasteiger charge is -2.28. The molecule has 4 nitrogen and oxygen atoms in total. The van der Waals surface area contributed by atoms with Crippen LogP contribution < -0.4 is 10.2 Å². The van der Waals surface area contributed by atoms with E-state index in [1.165, 1.54) is 11.1 Å². The van der Waals surface area contributed by atoms with E-state index in [0.717, 1.165) is 33.5 Å². The standard InChI is InChI=1S/C27H25ClN4S/c1-17-10-12-21(13-11-17)32-26(25(30-27(32)33)24-9-4-5-14-29-24)23-15-18(2)31(19(23)3)22-8-6-7-20(28)16-22/h4-16,25-26H,1-3H3,(H,30,33)/t25-,26-/m1/s1. The maximum Gasteiger partial charge on any atom is 0.174 e. The number of benzene rings is 2. The van der Waals surface area contributed by atoms with Gasteiger partial charge in [-0.25, -0.2) is 0 Å². The summed E-state index contributed by atoms with van der Waals surface area (Å²) in [4.78, 5) is 6.89. The summed E-state index contributed by atoms with van der Waals surface area (Å²) in [5.74, 6) is 0. The Morgan fingerprint density at radius 3 is 2.39 bits per heavy atom. The number of hydrogen-bond acceptors (Lipinski definition) is 2. The zero-order chi connectivity index (χ0) is 23.1. The Labute approximate surface area is 204 Å². The highest BCUT2D eigenvalue weighted by molar-refractivity contribution is 7.80. The van der Waals surface area contributed by atoms with Gasteiger partial charge in [-0.05, 0) is 87.1 Å². The molecule has 1 N–H and O–H groups in total.